The molecule has 130 valence electrons. The minimum Gasteiger partial charge on any atom is -0.332 e. The van der Waals surface area contributed by atoms with Crippen LogP contribution < -0.4 is 5.32 Å². The Morgan fingerprint density at radius 2 is 2.19 bits per heavy atom. The first-order chi connectivity index (χ1) is 12.9. The molecule has 1 N–H and O–H groups in total. The van der Waals surface area contributed by atoms with Gasteiger partial charge in [-0.15, -0.1) is 5.10 Å². The lowest BCUT2D eigenvalue weighted by Crippen LogP contribution is -2.26. The molecule has 1 atom stereocenters. The van der Waals surface area contributed by atoms with E-state index in [0.29, 0.717) is 29.1 Å². The molecule has 0 radical (unpaired) electrons. The van der Waals surface area contributed by atoms with Crippen molar-refractivity contribution in [2.24, 2.45) is 0 Å². The molecule has 0 saturated carbocycles. The smallest absolute Gasteiger partial charge is 0.280 e. The first-order valence-corrected chi connectivity index (χ1v) is 8.68. The maximum Gasteiger partial charge on any atom is 0.280 e. The van der Waals surface area contributed by atoms with Crippen molar-refractivity contribution in [1.82, 2.24) is 35.4 Å². The third-order valence-corrected chi connectivity index (χ3v) is 4.64. The zero-order valence-corrected chi connectivity index (χ0v) is 14.0. The molecule has 26 heavy (non-hydrogen) atoms. The minimum atomic E-state index is 0.348. The van der Waals surface area contributed by atoms with Crippen molar-refractivity contribution in [3.05, 3.63) is 42.7 Å². The van der Waals surface area contributed by atoms with Gasteiger partial charge >= 0.3 is 0 Å². The summed E-state index contributed by atoms with van der Waals surface area (Å²) >= 11 is 0. The Bertz CT molecular complexity index is 1040. The van der Waals surface area contributed by atoms with E-state index in [4.69, 9.17) is 4.52 Å². The molecule has 8 nitrogen and oxygen atoms in total. The summed E-state index contributed by atoms with van der Waals surface area (Å²) in [7, 11) is 0. The number of hydrogen-bond acceptors (Lipinski definition) is 7. The zero-order valence-electron chi connectivity index (χ0n) is 14.0. The summed E-state index contributed by atoms with van der Waals surface area (Å²) in [6.45, 7) is 1.86. The van der Waals surface area contributed by atoms with Crippen molar-refractivity contribution in [3.8, 4) is 23.1 Å². The third kappa shape index (κ3) is 2.74. The molecular formula is C18H17N7O. The number of nitrogens with one attached hydrogen (secondary N) is 1. The second kappa shape index (κ2) is 6.30. The van der Waals surface area contributed by atoms with E-state index in [1.807, 2.05) is 41.2 Å². The van der Waals surface area contributed by atoms with Gasteiger partial charge in [0, 0.05) is 17.6 Å². The molecule has 0 spiro atoms. The van der Waals surface area contributed by atoms with Crippen LogP contribution in [-0.2, 0) is 6.54 Å². The fourth-order valence-corrected chi connectivity index (χ4v) is 3.35. The Kier molecular flexibility index (Phi) is 3.67. The van der Waals surface area contributed by atoms with Gasteiger partial charge in [-0.05, 0) is 30.8 Å². The van der Waals surface area contributed by atoms with Crippen LogP contribution in [-0.4, -0.2) is 42.7 Å². The molecule has 0 aliphatic carbocycles. The van der Waals surface area contributed by atoms with Crippen molar-refractivity contribution >= 4 is 10.8 Å². The van der Waals surface area contributed by atoms with E-state index in [2.05, 4.69) is 30.8 Å². The van der Waals surface area contributed by atoms with E-state index in [-0.39, 0.29) is 0 Å². The van der Waals surface area contributed by atoms with Gasteiger partial charge in [-0.3, -0.25) is 9.67 Å². The molecular weight excluding hydrogens is 330 g/mol. The van der Waals surface area contributed by atoms with E-state index in [0.717, 1.165) is 30.3 Å². The van der Waals surface area contributed by atoms with E-state index < -0.39 is 0 Å². The van der Waals surface area contributed by atoms with Crippen molar-refractivity contribution in [2.45, 2.75) is 25.4 Å². The lowest BCUT2D eigenvalue weighted by molar-refractivity contribution is 0.431. The van der Waals surface area contributed by atoms with E-state index in [9.17, 15) is 0 Å². The standard InChI is InChI=1S/C18H17N7O/c1-2-6-14-12(4-1)7-9-20-16(14)17-21-18(26-23-17)15-11-25(24-22-15)10-13-5-3-8-19-13/h1-2,4,6-7,9,11,13,19H,3,5,8,10H2. The SMILES string of the molecule is c1ccc2c(-c3noc(-c4cn(CC5CCCN5)nn4)n3)nccc2c1. The molecule has 1 saturated heterocycles. The quantitative estimate of drug-likeness (QED) is 0.605. The molecule has 0 bridgehead atoms. The van der Waals surface area contributed by atoms with Gasteiger partial charge < -0.3 is 9.84 Å². The van der Waals surface area contributed by atoms with Crippen LogP contribution in [0, 0.1) is 0 Å². The summed E-state index contributed by atoms with van der Waals surface area (Å²) in [6.07, 6.45) is 5.95. The number of nitrogens with zero attached hydrogens (tertiary/aromatic N) is 6. The topological polar surface area (TPSA) is 94.6 Å². The van der Waals surface area contributed by atoms with E-state index >= 15 is 0 Å². The summed E-state index contributed by atoms with van der Waals surface area (Å²) in [5.41, 5.74) is 1.27. The molecule has 3 aromatic heterocycles. The van der Waals surface area contributed by atoms with Crippen LogP contribution in [0.3, 0.4) is 0 Å². The van der Waals surface area contributed by atoms with Gasteiger partial charge in [0.1, 0.15) is 5.69 Å². The van der Waals surface area contributed by atoms with E-state index in [1.165, 1.54) is 6.42 Å². The first-order valence-electron chi connectivity index (χ1n) is 8.68. The van der Waals surface area contributed by atoms with Crippen LogP contribution in [0.1, 0.15) is 12.8 Å². The molecule has 1 unspecified atom stereocenters. The van der Waals surface area contributed by atoms with Crippen molar-refractivity contribution in [1.29, 1.82) is 0 Å². The molecule has 0 amide bonds. The Morgan fingerprint density at radius 1 is 1.23 bits per heavy atom. The number of pyridine rings is 1. The van der Waals surface area contributed by atoms with Gasteiger partial charge in [0.05, 0.1) is 12.7 Å². The summed E-state index contributed by atoms with van der Waals surface area (Å²) in [6, 6.07) is 10.4. The van der Waals surface area contributed by atoms with Crippen molar-refractivity contribution in [3.63, 3.8) is 0 Å². The predicted molar refractivity (Wildman–Crippen MR) is 95.1 cm³/mol. The van der Waals surface area contributed by atoms with Crippen LogP contribution in [0.25, 0.3) is 33.9 Å². The van der Waals surface area contributed by atoms with Crippen molar-refractivity contribution < 1.29 is 4.52 Å². The molecule has 8 heteroatoms. The minimum absolute atomic E-state index is 0.348. The lowest BCUT2D eigenvalue weighted by Gasteiger charge is -2.08. The molecule has 4 heterocycles. The van der Waals surface area contributed by atoms with Gasteiger partial charge in [0.2, 0.25) is 5.82 Å². The molecule has 1 aliphatic heterocycles. The normalized spacial score (nSPS) is 17.2. The number of aromatic nitrogens is 6. The Morgan fingerprint density at radius 3 is 3.12 bits per heavy atom. The second-order valence-corrected chi connectivity index (χ2v) is 6.42. The van der Waals surface area contributed by atoms with Crippen LogP contribution in [0.2, 0.25) is 0 Å². The molecule has 1 aliphatic rings. The van der Waals surface area contributed by atoms with Crippen LogP contribution in [0.4, 0.5) is 0 Å². The monoisotopic (exact) mass is 347 g/mol. The first kappa shape index (κ1) is 15.2. The average Bonchev–Trinajstić information content (AvgIpc) is 3.43. The highest BCUT2D eigenvalue weighted by molar-refractivity contribution is 5.92. The van der Waals surface area contributed by atoms with Crippen LogP contribution in [0.15, 0.2) is 47.2 Å². The number of benzene rings is 1. The van der Waals surface area contributed by atoms with Gasteiger partial charge in [0.25, 0.3) is 5.89 Å². The number of fused-ring (bicyclic) bond motifs is 1. The maximum absolute atomic E-state index is 5.40. The highest BCUT2D eigenvalue weighted by atomic mass is 16.5. The largest absolute Gasteiger partial charge is 0.332 e. The van der Waals surface area contributed by atoms with Crippen LogP contribution in [0.5, 0.6) is 0 Å². The Balaban J connectivity index is 1.44. The fourth-order valence-electron chi connectivity index (χ4n) is 3.35. The maximum atomic E-state index is 5.40. The highest BCUT2D eigenvalue weighted by Crippen LogP contribution is 2.26. The van der Waals surface area contributed by atoms with Crippen molar-refractivity contribution in [2.75, 3.05) is 6.54 Å². The second-order valence-electron chi connectivity index (χ2n) is 6.42. The number of rotatable bonds is 4. The summed E-state index contributed by atoms with van der Waals surface area (Å²) < 4.78 is 7.22. The summed E-state index contributed by atoms with van der Waals surface area (Å²) in [4.78, 5) is 8.90. The highest BCUT2D eigenvalue weighted by Gasteiger charge is 2.19. The lowest BCUT2D eigenvalue weighted by atomic mass is 10.1. The number of hydrogen-bond donors (Lipinski definition) is 1. The predicted octanol–water partition coefficient (Wildman–Crippen LogP) is 2.30. The Labute approximate surface area is 149 Å². The van der Waals surface area contributed by atoms with Gasteiger partial charge in [-0.2, -0.15) is 4.98 Å². The van der Waals surface area contributed by atoms with E-state index in [1.54, 1.807) is 6.20 Å². The van der Waals surface area contributed by atoms with Crippen LogP contribution >= 0.6 is 0 Å². The average molecular weight is 347 g/mol. The third-order valence-electron chi connectivity index (χ3n) is 4.64. The van der Waals surface area contributed by atoms with Gasteiger partial charge in [-0.1, -0.05) is 34.6 Å². The Hall–Kier alpha value is -3.13. The summed E-state index contributed by atoms with van der Waals surface area (Å²) in [5, 5.41) is 17.9. The molecule has 1 fully saturated rings. The van der Waals surface area contributed by atoms with Gasteiger partial charge in [-0.25, -0.2) is 0 Å². The summed E-state index contributed by atoms with van der Waals surface area (Å²) in [5.74, 6) is 0.796. The molecule has 1 aromatic carbocycles. The fraction of sp³-hybridized carbons (Fsp3) is 0.278. The zero-order chi connectivity index (χ0) is 17.3. The van der Waals surface area contributed by atoms with Gasteiger partial charge in [0.15, 0.2) is 5.69 Å². The molecule has 4 aromatic rings. The molecule has 5 rings (SSSR count).